The number of carbonyl (C=O) groups excluding carboxylic acids is 1. The number of para-hydroxylation sites is 1. The van der Waals surface area contributed by atoms with Gasteiger partial charge in [-0.2, -0.15) is 5.48 Å². The van der Waals surface area contributed by atoms with Crippen LogP contribution in [0.4, 0.5) is 11.4 Å². The topological polar surface area (TPSA) is 67.8 Å². The first-order valence-corrected chi connectivity index (χ1v) is 10.2. The summed E-state index contributed by atoms with van der Waals surface area (Å²) in [5, 5.41) is 4.27. The summed E-state index contributed by atoms with van der Waals surface area (Å²) in [5.74, 6) is -0.261. The van der Waals surface area contributed by atoms with Crippen LogP contribution in [0.1, 0.15) is 15.9 Å². The summed E-state index contributed by atoms with van der Waals surface area (Å²) in [5.41, 5.74) is 6.43. The Balaban J connectivity index is 1.63. The van der Waals surface area contributed by atoms with E-state index in [0.717, 1.165) is 37.7 Å². The fourth-order valence-electron chi connectivity index (χ4n) is 3.10. The zero-order valence-corrected chi connectivity index (χ0v) is 17.5. The molecule has 0 spiro atoms. The van der Waals surface area contributed by atoms with E-state index in [9.17, 15) is 4.79 Å². The number of benzene rings is 3. The number of carbonyl (C=O) groups is 1. The van der Waals surface area contributed by atoms with E-state index in [-0.39, 0.29) is 5.91 Å². The van der Waals surface area contributed by atoms with Gasteiger partial charge in [-0.25, -0.2) is 9.82 Å². The van der Waals surface area contributed by atoms with E-state index in [4.69, 9.17) is 21.4 Å². The van der Waals surface area contributed by atoms with Crippen LogP contribution in [0.3, 0.4) is 0 Å². The van der Waals surface area contributed by atoms with Gasteiger partial charge in [-0.15, -0.1) is 11.3 Å². The maximum atomic E-state index is 12.8. The third-order valence-electron chi connectivity index (χ3n) is 4.60. The van der Waals surface area contributed by atoms with E-state index in [2.05, 4.69) is 11.4 Å². The smallest absolute Gasteiger partial charge is 0.257 e. The maximum Gasteiger partial charge on any atom is 0.257 e. The van der Waals surface area contributed by atoms with Crippen molar-refractivity contribution in [2.75, 3.05) is 12.4 Å². The number of nitrogens with zero attached hydrogens (tertiary/aromatic N) is 1. The van der Waals surface area contributed by atoms with Gasteiger partial charge in [0.15, 0.2) is 5.69 Å². The number of amides is 1. The van der Waals surface area contributed by atoms with Crippen LogP contribution in [0.5, 0.6) is 0 Å². The lowest BCUT2D eigenvalue weighted by Gasteiger charge is -2.12. The highest BCUT2D eigenvalue weighted by Crippen LogP contribution is 2.34. The largest absolute Gasteiger partial charge is 0.322 e. The van der Waals surface area contributed by atoms with Crippen LogP contribution >= 0.6 is 22.9 Å². The molecule has 0 aliphatic rings. The summed E-state index contributed by atoms with van der Waals surface area (Å²) in [4.78, 5) is 22.5. The molecule has 0 aliphatic heterocycles. The van der Waals surface area contributed by atoms with Gasteiger partial charge < -0.3 is 5.32 Å². The second kappa shape index (κ2) is 8.31. The average Bonchev–Trinajstić information content (AvgIpc) is 3.14. The van der Waals surface area contributed by atoms with Crippen molar-refractivity contribution in [2.45, 2.75) is 6.92 Å². The van der Waals surface area contributed by atoms with Gasteiger partial charge in [-0.05, 0) is 36.8 Å². The monoisotopic (exact) mass is 424 g/mol. The van der Waals surface area contributed by atoms with E-state index < -0.39 is 0 Å². The molecule has 7 heteroatoms. The number of nitrogens with two attached hydrogens (primary N) is 1. The Bertz CT molecular complexity index is 1170. The van der Waals surface area contributed by atoms with E-state index in [1.165, 1.54) is 0 Å². The molecule has 1 heterocycles. The molecule has 4 aromatic rings. The van der Waals surface area contributed by atoms with Crippen molar-refractivity contribution in [1.29, 1.82) is 0 Å². The molecule has 1 amide bonds. The van der Waals surface area contributed by atoms with Crippen molar-refractivity contribution in [3.8, 4) is 10.6 Å². The molecule has 3 aromatic carbocycles. The Kier molecular flexibility index (Phi) is 5.60. The number of thiazole rings is 1. The predicted molar refractivity (Wildman–Crippen MR) is 118 cm³/mol. The van der Waals surface area contributed by atoms with Crippen LogP contribution in [0, 0.1) is 6.92 Å². The van der Waals surface area contributed by atoms with Crippen LogP contribution in [0.2, 0.25) is 5.02 Å². The third-order valence-corrected chi connectivity index (χ3v) is 5.98. The molecule has 0 saturated carbocycles. The minimum absolute atomic E-state index is 0.261. The second-order valence-corrected chi connectivity index (χ2v) is 7.95. The molecule has 1 aromatic heterocycles. The minimum Gasteiger partial charge on any atom is -0.322 e. The molecule has 0 fully saturated rings. The Hall–Kier alpha value is -2.77. The summed E-state index contributed by atoms with van der Waals surface area (Å²) in [6.45, 7) is 1.98. The summed E-state index contributed by atoms with van der Waals surface area (Å²) in [6.07, 6.45) is 0. The Morgan fingerprint density at radius 3 is 2.72 bits per heavy atom. The molecule has 0 bridgehead atoms. The van der Waals surface area contributed by atoms with E-state index >= 15 is 0 Å². The molecule has 5 nitrogen and oxygen atoms in total. The zero-order chi connectivity index (χ0) is 20.4. The maximum absolute atomic E-state index is 12.8. The fraction of sp³-hybridized carbons (Fsp3) is 0.0909. The van der Waals surface area contributed by atoms with Gasteiger partial charge in [0, 0.05) is 23.4 Å². The molecule has 4 rings (SSSR count). The van der Waals surface area contributed by atoms with Crippen molar-refractivity contribution in [3.63, 3.8) is 0 Å². The molecule has 29 heavy (non-hydrogen) atoms. The number of fused-ring (bicyclic) bond motifs is 1. The van der Waals surface area contributed by atoms with Crippen LogP contribution in [0.15, 0.2) is 60.7 Å². The molecule has 0 saturated heterocycles. The average molecular weight is 425 g/mol. The van der Waals surface area contributed by atoms with Crippen LogP contribution in [-0.4, -0.2) is 18.0 Å². The van der Waals surface area contributed by atoms with E-state index in [1.54, 1.807) is 42.1 Å². The van der Waals surface area contributed by atoms with Crippen LogP contribution < -0.4 is 10.8 Å². The number of halogens is 1. The number of hydrogen-bond donors (Lipinski definition) is 2. The van der Waals surface area contributed by atoms with Crippen LogP contribution in [-0.2, 0) is 4.84 Å². The van der Waals surface area contributed by atoms with Crippen molar-refractivity contribution in [1.82, 2.24) is 4.98 Å². The van der Waals surface area contributed by atoms with Gasteiger partial charge in [0.1, 0.15) is 5.01 Å². The second-order valence-electron chi connectivity index (χ2n) is 6.51. The van der Waals surface area contributed by atoms with Gasteiger partial charge >= 0.3 is 0 Å². The van der Waals surface area contributed by atoms with Crippen molar-refractivity contribution < 1.29 is 15.1 Å². The van der Waals surface area contributed by atoms with Crippen molar-refractivity contribution in [3.05, 3.63) is 76.8 Å². The van der Waals surface area contributed by atoms with E-state index in [1.807, 2.05) is 43.3 Å². The molecule has 0 radical (unpaired) electrons. The Morgan fingerprint density at radius 2 is 1.97 bits per heavy atom. The molecule has 146 valence electrons. The fourth-order valence-corrected chi connectivity index (χ4v) is 4.43. The summed E-state index contributed by atoms with van der Waals surface area (Å²) < 4.78 is 1.14. The summed E-state index contributed by atoms with van der Waals surface area (Å²) in [7, 11) is 1.57. The van der Waals surface area contributed by atoms with Gasteiger partial charge in [0.25, 0.3) is 5.91 Å². The molecular weight excluding hydrogens is 406 g/mol. The van der Waals surface area contributed by atoms with Gasteiger partial charge in [0.2, 0.25) is 0 Å². The highest BCUT2D eigenvalue weighted by atomic mass is 35.5. The lowest BCUT2D eigenvalue weighted by atomic mass is 10.1. The number of nitrogens with one attached hydrogen (secondary N) is 1. The number of anilines is 1. The predicted octanol–water partition coefficient (Wildman–Crippen LogP) is 4.93. The van der Waals surface area contributed by atoms with Crippen LogP contribution in [0.25, 0.3) is 20.8 Å². The normalized spacial score (nSPS) is 11.0. The highest BCUT2D eigenvalue weighted by molar-refractivity contribution is 7.21. The molecule has 0 aliphatic carbocycles. The summed E-state index contributed by atoms with van der Waals surface area (Å²) >= 11 is 7.93. The number of aromatic nitrogens is 1. The zero-order valence-electron chi connectivity index (χ0n) is 15.9. The highest BCUT2D eigenvalue weighted by Gasteiger charge is 2.16. The van der Waals surface area contributed by atoms with Crippen molar-refractivity contribution in [2.24, 2.45) is 0 Å². The van der Waals surface area contributed by atoms with E-state index in [0.29, 0.717) is 10.6 Å². The lowest BCUT2D eigenvalue weighted by Crippen LogP contribution is -2.75. The van der Waals surface area contributed by atoms with Gasteiger partial charge in [0.05, 0.1) is 27.9 Å². The summed E-state index contributed by atoms with van der Waals surface area (Å²) in [6, 6.07) is 19.0. The Morgan fingerprint density at radius 1 is 1.14 bits per heavy atom. The standard InChI is InChI=1S/C22H18ClN3O2S/c1-13-15(22-25-19-7-3-4-9-20(19)29-22)6-5-8-18(13)24-21(27)16-11-10-14(26-28-2)12-17(16)23/h3-12,26H,1-2H3,(H,24,27)/p+1. The number of rotatable bonds is 5. The molecule has 3 N–H and O–H groups in total. The number of hydrogen-bond acceptors (Lipinski definition) is 4. The molecule has 0 unspecified atom stereocenters. The third kappa shape index (κ3) is 4.02. The molecular formula is C22H19ClN3O2S+. The van der Waals surface area contributed by atoms with Gasteiger partial charge in [-0.3, -0.25) is 4.79 Å². The first kappa shape index (κ1) is 19.5. The SMILES string of the molecule is CO[NH2+]c1ccc(C(=O)Nc2cccc(-c3nc4ccccc4s3)c2C)c(Cl)c1. The quantitative estimate of drug-likeness (QED) is 0.352. The van der Waals surface area contributed by atoms with Crippen molar-refractivity contribution >= 4 is 50.4 Å². The Labute approximate surface area is 177 Å². The minimum atomic E-state index is -0.261. The lowest BCUT2D eigenvalue weighted by molar-refractivity contribution is -0.830. The first-order valence-electron chi connectivity index (χ1n) is 8.99. The molecule has 0 atom stereocenters. The first-order chi connectivity index (χ1) is 14.1. The van der Waals surface area contributed by atoms with Gasteiger partial charge in [-0.1, -0.05) is 35.9 Å². The number of quaternary nitrogens is 1.